The summed E-state index contributed by atoms with van der Waals surface area (Å²) >= 11 is 12.4. The van der Waals surface area contributed by atoms with Crippen molar-refractivity contribution in [3.05, 3.63) is 45.2 Å². The van der Waals surface area contributed by atoms with Crippen LogP contribution in [0.4, 0.5) is 11.6 Å². The van der Waals surface area contributed by atoms with Crippen LogP contribution in [0.3, 0.4) is 0 Å². The van der Waals surface area contributed by atoms with Crippen LogP contribution in [0, 0.1) is 0 Å². The Kier molecular flexibility index (Phi) is 8.13. The van der Waals surface area contributed by atoms with E-state index in [1.54, 1.807) is 12.1 Å². The first kappa shape index (κ1) is 27.4. The molecule has 0 radical (unpaired) electrons. The van der Waals surface area contributed by atoms with Crippen molar-refractivity contribution < 1.29 is 9.59 Å². The second-order valence-electron chi connectivity index (χ2n) is 10.1. The van der Waals surface area contributed by atoms with Gasteiger partial charge in [-0.3, -0.25) is 19.4 Å². The van der Waals surface area contributed by atoms with Gasteiger partial charge < -0.3 is 22.1 Å². The number of nitrogen functional groups attached to an aromatic ring is 1. The average Bonchev–Trinajstić information content (AvgIpc) is 2.87. The number of hydrogen-bond donors (Lipinski definition) is 3. The average molecular weight is 550 g/mol. The maximum Gasteiger partial charge on any atom is 0.271 e. The molecule has 12 heteroatoms. The molecule has 1 atom stereocenters. The molecule has 2 fully saturated rings. The van der Waals surface area contributed by atoms with Crippen LogP contribution in [0.15, 0.2) is 18.2 Å². The first-order chi connectivity index (χ1) is 17.5. The van der Waals surface area contributed by atoms with Gasteiger partial charge >= 0.3 is 0 Å². The molecule has 6 N–H and O–H groups in total. The number of piperazine rings is 1. The van der Waals surface area contributed by atoms with Crippen LogP contribution < -0.4 is 22.1 Å². The number of amides is 2. The number of carbonyl (C=O) groups excluding carboxylic acids is 2. The number of aromatic nitrogens is 2. The molecule has 0 spiro atoms. The lowest BCUT2D eigenvalue weighted by Crippen LogP contribution is -2.63. The Morgan fingerprint density at radius 1 is 1.08 bits per heavy atom. The van der Waals surface area contributed by atoms with Gasteiger partial charge in [0.2, 0.25) is 5.91 Å². The molecule has 0 saturated carbocycles. The normalized spacial score (nSPS) is 20.6. The minimum Gasteiger partial charge on any atom is -0.382 e. The van der Waals surface area contributed by atoms with Crippen LogP contribution >= 0.6 is 23.2 Å². The van der Waals surface area contributed by atoms with E-state index in [1.807, 2.05) is 6.07 Å². The van der Waals surface area contributed by atoms with Crippen LogP contribution in [0.1, 0.15) is 59.5 Å². The van der Waals surface area contributed by atoms with E-state index in [1.165, 1.54) is 0 Å². The number of anilines is 2. The second-order valence-corrected chi connectivity index (χ2v) is 10.9. The Balaban J connectivity index is 1.42. The van der Waals surface area contributed by atoms with Gasteiger partial charge in [0.1, 0.15) is 0 Å². The van der Waals surface area contributed by atoms with Crippen molar-refractivity contribution in [1.82, 2.24) is 19.8 Å². The van der Waals surface area contributed by atoms with Crippen molar-refractivity contribution in [2.24, 2.45) is 11.5 Å². The summed E-state index contributed by atoms with van der Waals surface area (Å²) in [5.74, 6) is -0.743. The number of carbonyl (C=O) groups is 2. The van der Waals surface area contributed by atoms with Crippen molar-refractivity contribution in [3.63, 3.8) is 0 Å². The highest BCUT2D eigenvalue weighted by Gasteiger charge is 2.41. The van der Waals surface area contributed by atoms with Crippen molar-refractivity contribution in [2.75, 3.05) is 43.4 Å². The third-order valence-electron chi connectivity index (χ3n) is 7.71. The monoisotopic (exact) mass is 548 g/mol. The Hall–Kier alpha value is -2.66. The maximum atomic E-state index is 11.9. The lowest BCUT2D eigenvalue weighted by Gasteiger charge is -2.53. The minimum atomic E-state index is -0.754. The molecular formula is C25H34Cl2N8O2. The highest BCUT2D eigenvalue weighted by Crippen LogP contribution is 2.35. The predicted molar refractivity (Wildman–Crippen MR) is 146 cm³/mol. The summed E-state index contributed by atoms with van der Waals surface area (Å²) in [5.41, 5.74) is 18.1. The number of primary amides is 2. The van der Waals surface area contributed by atoms with Crippen LogP contribution in [0.2, 0.25) is 10.2 Å². The Labute approximate surface area is 227 Å². The van der Waals surface area contributed by atoms with Gasteiger partial charge in [0.25, 0.3) is 5.91 Å². The van der Waals surface area contributed by atoms with E-state index in [4.69, 9.17) is 40.4 Å². The molecule has 2 aliphatic heterocycles. The van der Waals surface area contributed by atoms with Crippen LogP contribution in [0.5, 0.6) is 0 Å². The summed E-state index contributed by atoms with van der Waals surface area (Å²) in [4.78, 5) is 38.9. The van der Waals surface area contributed by atoms with E-state index in [0.29, 0.717) is 29.5 Å². The first-order valence-corrected chi connectivity index (χ1v) is 13.2. The molecule has 1 aromatic heterocycles. The molecule has 2 amide bonds. The number of halogens is 2. The van der Waals surface area contributed by atoms with Crippen molar-refractivity contribution in [2.45, 2.75) is 51.2 Å². The van der Waals surface area contributed by atoms with Gasteiger partial charge in [0, 0.05) is 61.4 Å². The highest BCUT2D eigenvalue weighted by molar-refractivity contribution is 6.32. The van der Waals surface area contributed by atoms with Crippen molar-refractivity contribution in [3.8, 4) is 0 Å². The molecule has 2 saturated heterocycles. The number of piperidine rings is 1. The molecule has 37 heavy (non-hydrogen) atoms. The number of nitrogens with zero attached hydrogens (tertiary/aromatic N) is 5. The number of benzene rings is 1. The largest absolute Gasteiger partial charge is 0.382 e. The van der Waals surface area contributed by atoms with Crippen molar-refractivity contribution >= 4 is 46.7 Å². The molecular weight excluding hydrogens is 515 g/mol. The van der Waals surface area contributed by atoms with Crippen LogP contribution in [-0.2, 0) is 6.54 Å². The standard InChI is InChI=1S/C25H34Cl2N8O2/c1-3-17-14-34(24-20(27)31-19(23(30)37)21(28)32-24)10-11-35(17)25(2)6-8-33(9-7-25)13-15-4-5-16(26)12-18(15)22(29)36/h4-5,12,17H,3,6-11,13-14H2,1-2H3,(H2,28,32)(H2,29,36)(H2,30,37)/t17-/m0/s1. The molecule has 2 aliphatic rings. The second kappa shape index (κ2) is 11.0. The van der Waals surface area contributed by atoms with Gasteiger partial charge in [0.15, 0.2) is 22.5 Å². The Bertz CT molecular complexity index is 1190. The molecule has 200 valence electrons. The molecule has 0 bridgehead atoms. The van der Waals surface area contributed by atoms with E-state index in [9.17, 15) is 9.59 Å². The van der Waals surface area contributed by atoms with Gasteiger partial charge in [-0.05, 0) is 43.9 Å². The summed E-state index contributed by atoms with van der Waals surface area (Å²) in [6.07, 6.45) is 2.97. The zero-order chi connectivity index (χ0) is 26.9. The number of hydrogen-bond acceptors (Lipinski definition) is 8. The quantitative estimate of drug-likeness (QED) is 0.477. The zero-order valence-corrected chi connectivity index (χ0v) is 22.7. The van der Waals surface area contributed by atoms with Gasteiger partial charge in [-0.2, -0.15) is 0 Å². The SMILES string of the molecule is CC[C@H]1CN(c2nc(N)c(C(N)=O)nc2Cl)CCN1C1(C)CCN(Cc2ccc(Cl)cc2C(N)=O)CC1. The van der Waals surface area contributed by atoms with Gasteiger partial charge in [-0.25, -0.2) is 9.97 Å². The molecule has 0 aliphatic carbocycles. The summed E-state index contributed by atoms with van der Waals surface area (Å²) < 4.78 is 0. The fourth-order valence-corrected chi connectivity index (χ4v) is 5.96. The topological polar surface area (TPSA) is 148 Å². The molecule has 10 nitrogen and oxygen atoms in total. The smallest absolute Gasteiger partial charge is 0.271 e. The number of rotatable bonds is 7. The minimum absolute atomic E-state index is 0.0121. The molecule has 4 rings (SSSR count). The highest BCUT2D eigenvalue weighted by atomic mass is 35.5. The van der Waals surface area contributed by atoms with E-state index < -0.39 is 11.8 Å². The summed E-state index contributed by atoms with van der Waals surface area (Å²) in [7, 11) is 0. The molecule has 3 heterocycles. The third-order valence-corrected chi connectivity index (χ3v) is 8.20. The lowest BCUT2D eigenvalue weighted by molar-refractivity contribution is -0.00588. The summed E-state index contributed by atoms with van der Waals surface area (Å²) in [6.45, 7) is 9.30. The molecule has 0 unspecified atom stereocenters. The van der Waals surface area contributed by atoms with Gasteiger partial charge in [0.05, 0.1) is 0 Å². The van der Waals surface area contributed by atoms with Crippen molar-refractivity contribution in [1.29, 1.82) is 0 Å². The zero-order valence-electron chi connectivity index (χ0n) is 21.2. The van der Waals surface area contributed by atoms with Crippen LogP contribution in [0.25, 0.3) is 0 Å². The maximum absolute atomic E-state index is 11.9. The van der Waals surface area contributed by atoms with Gasteiger partial charge in [-0.15, -0.1) is 0 Å². The number of likely N-dealkylation sites (tertiary alicyclic amines) is 1. The molecule has 2 aromatic rings. The third kappa shape index (κ3) is 5.77. The fraction of sp³-hybridized carbons (Fsp3) is 0.520. The van der Waals surface area contributed by atoms with E-state index in [-0.39, 0.29) is 28.2 Å². The van der Waals surface area contributed by atoms with Crippen LogP contribution in [-0.4, -0.2) is 75.9 Å². The Morgan fingerprint density at radius 2 is 1.78 bits per heavy atom. The fourth-order valence-electron chi connectivity index (χ4n) is 5.55. The summed E-state index contributed by atoms with van der Waals surface area (Å²) in [5, 5.41) is 0.635. The van der Waals surface area contributed by atoms with E-state index in [2.05, 4.69) is 38.5 Å². The van der Waals surface area contributed by atoms with Gasteiger partial charge in [-0.1, -0.05) is 36.2 Å². The Morgan fingerprint density at radius 3 is 2.41 bits per heavy atom. The van der Waals surface area contributed by atoms with E-state index >= 15 is 0 Å². The number of nitrogens with two attached hydrogens (primary N) is 3. The van der Waals surface area contributed by atoms with E-state index in [0.717, 1.165) is 51.0 Å². The first-order valence-electron chi connectivity index (χ1n) is 12.5. The predicted octanol–water partition coefficient (Wildman–Crippen LogP) is 2.52. The lowest BCUT2D eigenvalue weighted by atomic mass is 9.85. The summed E-state index contributed by atoms with van der Waals surface area (Å²) in [6, 6.07) is 5.62. The molecule has 1 aromatic carbocycles.